The lowest BCUT2D eigenvalue weighted by molar-refractivity contribution is 0.664. The van der Waals surface area contributed by atoms with E-state index < -0.39 is 0 Å². The number of rotatable bonds is 1. The third-order valence-electron chi connectivity index (χ3n) is 5.32. The molecule has 0 aliphatic heterocycles. The zero-order valence-corrected chi connectivity index (χ0v) is 14.8. The predicted molar refractivity (Wildman–Crippen MR) is 115 cm³/mol. The molecule has 0 spiro atoms. The maximum Gasteiger partial charge on any atom is 0.139 e. The molecule has 2 nitrogen and oxygen atoms in total. The van der Waals surface area contributed by atoms with Gasteiger partial charge in [-0.15, -0.1) is 0 Å². The van der Waals surface area contributed by atoms with Gasteiger partial charge in [-0.05, 0) is 41.5 Å². The Morgan fingerprint density at radius 1 is 0.481 bits per heavy atom. The third-order valence-corrected chi connectivity index (χ3v) is 5.32. The average molecular weight is 346 g/mol. The van der Waals surface area contributed by atoms with Crippen molar-refractivity contribution < 1.29 is 8.83 Å². The molecule has 0 fully saturated rings. The summed E-state index contributed by atoms with van der Waals surface area (Å²) in [6, 6.07) is 27.3. The highest BCUT2D eigenvalue weighted by Gasteiger charge is 2.14. The monoisotopic (exact) mass is 346 g/mol. The first-order chi connectivity index (χ1) is 13.3. The summed E-state index contributed by atoms with van der Waals surface area (Å²) >= 11 is 0. The molecular formula is C24H15BO2. The van der Waals surface area contributed by atoms with Crippen LogP contribution in [0.15, 0.2) is 87.7 Å². The molecule has 6 rings (SSSR count). The molecule has 0 atom stereocenters. The Morgan fingerprint density at radius 3 is 1.78 bits per heavy atom. The lowest BCUT2D eigenvalue weighted by atomic mass is 9.94. The Kier molecular flexibility index (Phi) is 2.87. The van der Waals surface area contributed by atoms with Gasteiger partial charge in [-0.2, -0.15) is 0 Å². The molecule has 0 aliphatic carbocycles. The normalized spacial score (nSPS) is 11.9. The number of fused-ring (bicyclic) bond motifs is 6. The van der Waals surface area contributed by atoms with E-state index in [0.717, 1.165) is 43.9 Å². The highest BCUT2D eigenvalue weighted by Crippen LogP contribution is 2.37. The van der Waals surface area contributed by atoms with Crippen molar-refractivity contribution in [3.05, 3.63) is 78.9 Å². The van der Waals surface area contributed by atoms with E-state index in [-0.39, 0.29) is 0 Å². The van der Waals surface area contributed by atoms with Crippen LogP contribution < -0.4 is 5.46 Å². The third kappa shape index (κ3) is 2.15. The van der Waals surface area contributed by atoms with Crippen molar-refractivity contribution in [1.82, 2.24) is 0 Å². The van der Waals surface area contributed by atoms with Gasteiger partial charge in [0.2, 0.25) is 0 Å². The SMILES string of the molecule is Bc1ccc2oc3cc4c(cc3c2c1)oc1ccc(-c2ccccc2)cc14. The first-order valence-corrected chi connectivity index (χ1v) is 9.11. The van der Waals surface area contributed by atoms with E-state index in [4.69, 9.17) is 8.83 Å². The van der Waals surface area contributed by atoms with Crippen LogP contribution in [0.2, 0.25) is 0 Å². The van der Waals surface area contributed by atoms with E-state index in [1.54, 1.807) is 0 Å². The lowest BCUT2D eigenvalue weighted by Crippen LogP contribution is -1.98. The van der Waals surface area contributed by atoms with Gasteiger partial charge in [-0.25, -0.2) is 0 Å². The molecule has 0 radical (unpaired) electrons. The highest BCUT2D eigenvalue weighted by molar-refractivity contribution is 6.33. The van der Waals surface area contributed by atoms with Crippen LogP contribution in [0.4, 0.5) is 0 Å². The minimum absolute atomic E-state index is 0.895. The molecule has 0 saturated heterocycles. The van der Waals surface area contributed by atoms with Crippen LogP contribution in [0.1, 0.15) is 0 Å². The molecule has 6 aromatic rings. The van der Waals surface area contributed by atoms with Crippen LogP contribution in [0, 0.1) is 0 Å². The maximum atomic E-state index is 6.16. The summed E-state index contributed by atoms with van der Waals surface area (Å²) in [7, 11) is 2.10. The van der Waals surface area contributed by atoms with E-state index in [0.29, 0.717) is 0 Å². The van der Waals surface area contributed by atoms with Crippen LogP contribution in [0.3, 0.4) is 0 Å². The highest BCUT2D eigenvalue weighted by atomic mass is 16.3. The Bertz CT molecular complexity index is 1470. The summed E-state index contributed by atoms with van der Waals surface area (Å²) in [4.78, 5) is 0. The molecule has 0 saturated carbocycles. The predicted octanol–water partition coefficient (Wildman–Crippen LogP) is 5.41. The molecule has 126 valence electrons. The van der Waals surface area contributed by atoms with Crippen LogP contribution in [-0.4, -0.2) is 7.85 Å². The van der Waals surface area contributed by atoms with Gasteiger partial charge in [-0.3, -0.25) is 0 Å². The number of hydrogen-bond donors (Lipinski definition) is 0. The second-order valence-electron chi connectivity index (χ2n) is 7.13. The molecule has 0 unspecified atom stereocenters. The largest absolute Gasteiger partial charge is 0.456 e. The summed E-state index contributed by atoms with van der Waals surface area (Å²) in [6.07, 6.45) is 0. The number of furan rings is 2. The molecule has 0 N–H and O–H groups in total. The fourth-order valence-corrected chi connectivity index (χ4v) is 3.97. The Labute approximate surface area is 156 Å². The maximum absolute atomic E-state index is 6.16. The molecule has 27 heavy (non-hydrogen) atoms. The van der Waals surface area contributed by atoms with Gasteiger partial charge in [0.15, 0.2) is 0 Å². The average Bonchev–Trinajstić information content (AvgIpc) is 3.23. The molecule has 4 aromatic carbocycles. The summed E-state index contributed by atoms with van der Waals surface area (Å²) < 4.78 is 12.3. The number of benzene rings is 4. The van der Waals surface area contributed by atoms with E-state index in [1.807, 2.05) is 12.1 Å². The first kappa shape index (κ1) is 14.7. The summed E-state index contributed by atoms with van der Waals surface area (Å²) in [5.41, 5.74) is 7.22. The van der Waals surface area contributed by atoms with Crippen LogP contribution in [0.5, 0.6) is 0 Å². The first-order valence-electron chi connectivity index (χ1n) is 9.11. The van der Waals surface area contributed by atoms with Gasteiger partial charge >= 0.3 is 0 Å². The van der Waals surface area contributed by atoms with Crippen LogP contribution in [-0.2, 0) is 0 Å². The van der Waals surface area contributed by atoms with Gasteiger partial charge in [0.1, 0.15) is 30.2 Å². The standard InChI is InChI=1S/C24H15BO2/c25-16-7-9-22-18(11-16)20-13-23-19(12-24(20)27-22)17-10-15(6-8-21(17)26-23)14-4-2-1-3-5-14/h1-13H,25H2. The lowest BCUT2D eigenvalue weighted by Gasteiger charge is -2.01. The summed E-state index contributed by atoms with van der Waals surface area (Å²) in [6.45, 7) is 0. The topological polar surface area (TPSA) is 26.3 Å². The van der Waals surface area contributed by atoms with Crippen molar-refractivity contribution in [2.24, 2.45) is 0 Å². The molecule has 2 aromatic heterocycles. The zero-order chi connectivity index (χ0) is 18.0. The Balaban J connectivity index is 1.67. The van der Waals surface area contributed by atoms with Crippen LogP contribution in [0.25, 0.3) is 55.0 Å². The van der Waals surface area contributed by atoms with E-state index in [2.05, 4.69) is 74.6 Å². The van der Waals surface area contributed by atoms with Gasteiger partial charge in [0.25, 0.3) is 0 Å². The molecule has 2 heterocycles. The van der Waals surface area contributed by atoms with Gasteiger partial charge in [0.05, 0.1) is 0 Å². The van der Waals surface area contributed by atoms with Crippen molar-refractivity contribution >= 4 is 57.2 Å². The molecule has 0 aliphatic rings. The fraction of sp³-hybridized carbons (Fsp3) is 0. The van der Waals surface area contributed by atoms with Gasteiger partial charge in [0, 0.05) is 21.5 Å². The zero-order valence-electron chi connectivity index (χ0n) is 14.8. The van der Waals surface area contributed by atoms with E-state index >= 15 is 0 Å². The molecule has 0 bridgehead atoms. The fourth-order valence-electron chi connectivity index (χ4n) is 3.97. The minimum atomic E-state index is 0.895. The van der Waals surface area contributed by atoms with E-state index in [9.17, 15) is 0 Å². The van der Waals surface area contributed by atoms with Gasteiger partial charge < -0.3 is 8.83 Å². The van der Waals surface area contributed by atoms with Crippen molar-refractivity contribution in [1.29, 1.82) is 0 Å². The summed E-state index contributed by atoms with van der Waals surface area (Å²) in [5.74, 6) is 0. The van der Waals surface area contributed by atoms with E-state index in [1.165, 1.54) is 16.6 Å². The minimum Gasteiger partial charge on any atom is -0.456 e. The van der Waals surface area contributed by atoms with Crippen molar-refractivity contribution in [3.8, 4) is 11.1 Å². The Morgan fingerprint density at radius 2 is 1.07 bits per heavy atom. The number of hydrogen-bond acceptors (Lipinski definition) is 2. The quantitative estimate of drug-likeness (QED) is 0.372. The summed E-state index contributed by atoms with van der Waals surface area (Å²) in [5, 5.41) is 4.44. The second-order valence-corrected chi connectivity index (χ2v) is 7.13. The molecule has 0 amide bonds. The van der Waals surface area contributed by atoms with Crippen LogP contribution >= 0.6 is 0 Å². The van der Waals surface area contributed by atoms with Crippen molar-refractivity contribution in [2.45, 2.75) is 0 Å². The molecule has 3 heteroatoms. The second kappa shape index (κ2) is 5.27. The molecular weight excluding hydrogens is 331 g/mol. The van der Waals surface area contributed by atoms with Crippen molar-refractivity contribution in [2.75, 3.05) is 0 Å². The van der Waals surface area contributed by atoms with Gasteiger partial charge in [-0.1, -0.05) is 54.0 Å². The van der Waals surface area contributed by atoms with Crippen molar-refractivity contribution in [3.63, 3.8) is 0 Å². The smallest absolute Gasteiger partial charge is 0.139 e. The Hall–Kier alpha value is -3.46.